The summed E-state index contributed by atoms with van der Waals surface area (Å²) in [4.78, 5) is 25.9. The van der Waals surface area contributed by atoms with Crippen molar-refractivity contribution in [3.8, 4) is 0 Å². The summed E-state index contributed by atoms with van der Waals surface area (Å²) in [5, 5.41) is 8.68. The zero-order chi connectivity index (χ0) is 10.7. The first-order valence-corrected chi connectivity index (χ1v) is 4.72. The fourth-order valence-corrected chi connectivity index (χ4v) is 1.41. The SMILES string of the molecule is CC(C(=O)O)C(=O)N1CCN(C)CC1. The molecule has 5 nitrogen and oxygen atoms in total. The molecule has 0 bridgehead atoms. The van der Waals surface area contributed by atoms with Crippen molar-refractivity contribution < 1.29 is 14.7 Å². The summed E-state index contributed by atoms with van der Waals surface area (Å²) in [6.45, 7) is 4.33. The molecule has 1 aliphatic heterocycles. The molecule has 0 radical (unpaired) electrons. The standard InChI is InChI=1S/C9H16N2O3/c1-7(9(13)14)8(12)11-5-3-10(2)4-6-11/h7H,3-6H2,1-2H3,(H,13,14). The molecule has 0 aromatic heterocycles. The maximum absolute atomic E-state index is 11.6. The topological polar surface area (TPSA) is 60.9 Å². The second-order valence-electron chi connectivity index (χ2n) is 3.69. The van der Waals surface area contributed by atoms with Gasteiger partial charge in [0.05, 0.1) is 0 Å². The molecule has 14 heavy (non-hydrogen) atoms. The molecule has 0 spiro atoms. The van der Waals surface area contributed by atoms with E-state index in [1.165, 1.54) is 6.92 Å². The van der Waals surface area contributed by atoms with Crippen LogP contribution in [0.3, 0.4) is 0 Å². The van der Waals surface area contributed by atoms with E-state index in [-0.39, 0.29) is 5.91 Å². The lowest BCUT2D eigenvalue weighted by atomic mass is 10.1. The Morgan fingerprint density at radius 2 is 1.71 bits per heavy atom. The fourth-order valence-electron chi connectivity index (χ4n) is 1.41. The van der Waals surface area contributed by atoms with E-state index in [0.717, 1.165) is 13.1 Å². The molecule has 0 aromatic rings. The van der Waals surface area contributed by atoms with Crippen LogP contribution in [0.5, 0.6) is 0 Å². The van der Waals surface area contributed by atoms with E-state index >= 15 is 0 Å². The summed E-state index contributed by atoms with van der Waals surface area (Å²) in [5.41, 5.74) is 0. The van der Waals surface area contributed by atoms with Crippen LogP contribution in [0, 0.1) is 5.92 Å². The summed E-state index contributed by atoms with van der Waals surface area (Å²) in [6, 6.07) is 0. The van der Waals surface area contributed by atoms with E-state index in [2.05, 4.69) is 4.90 Å². The van der Waals surface area contributed by atoms with E-state index in [1.54, 1.807) is 4.90 Å². The highest BCUT2D eigenvalue weighted by Gasteiger charge is 2.27. The van der Waals surface area contributed by atoms with Gasteiger partial charge in [-0.2, -0.15) is 0 Å². The van der Waals surface area contributed by atoms with Crippen molar-refractivity contribution in [2.75, 3.05) is 33.2 Å². The first-order valence-electron chi connectivity index (χ1n) is 4.72. The van der Waals surface area contributed by atoms with Crippen LogP contribution in [-0.4, -0.2) is 60.0 Å². The molecule has 0 saturated carbocycles. The van der Waals surface area contributed by atoms with Gasteiger partial charge >= 0.3 is 5.97 Å². The maximum atomic E-state index is 11.6. The minimum Gasteiger partial charge on any atom is -0.481 e. The lowest BCUT2D eigenvalue weighted by molar-refractivity contribution is -0.151. The van der Waals surface area contributed by atoms with Crippen molar-refractivity contribution in [1.29, 1.82) is 0 Å². The Hall–Kier alpha value is -1.10. The second-order valence-corrected chi connectivity index (χ2v) is 3.69. The Kier molecular flexibility index (Phi) is 3.46. The van der Waals surface area contributed by atoms with Gasteiger partial charge in [-0.25, -0.2) is 0 Å². The number of amides is 1. The molecule has 1 aliphatic rings. The van der Waals surface area contributed by atoms with Gasteiger partial charge in [0, 0.05) is 26.2 Å². The predicted octanol–water partition coefficient (Wildman–Crippen LogP) is -0.519. The van der Waals surface area contributed by atoms with Gasteiger partial charge in [-0.15, -0.1) is 0 Å². The Morgan fingerprint density at radius 3 is 2.14 bits per heavy atom. The van der Waals surface area contributed by atoms with Gasteiger partial charge in [-0.1, -0.05) is 0 Å². The number of nitrogens with zero attached hydrogens (tertiary/aromatic N) is 2. The number of likely N-dealkylation sites (N-methyl/N-ethyl adjacent to an activating group) is 1. The van der Waals surface area contributed by atoms with E-state index in [1.807, 2.05) is 7.05 Å². The lowest BCUT2D eigenvalue weighted by Gasteiger charge is -2.33. The van der Waals surface area contributed by atoms with Crippen LogP contribution in [0.2, 0.25) is 0 Å². The number of carbonyl (C=O) groups excluding carboxylic acids is 1. The maximum Gasteiger partial charge on any atom is 0.315 e. The fraction of sp³-hybridized carbons (Fsp3) is 0.778. The number of hydrogen-bond donors (Lipinski definition) is 1. The van der Waals surface area contributed by atoms with Crippen molar-refractivity contribution in [2.24, 2.45) is 5.92 Å². The third-order valence-electron chi connectivity index (χ3n) is 2.56. The Morgan fingerprint density at radius 1 is 1.21 bits per heavy atom. The molecule has 1 amide bonds. The van der Waals surface area contributed by atoms with E-state index < -0.39 is 11.9 Å². The predicted molar refractivity (Wildman–Crippen MR) is 50.9 cm³/mol. The number of aliphatic carboxylic acids is 1. The normalized spacial score (nSPS) is 20.6. The first-order chi connectivity index (χ1) is 6.52. The highest BCUT2D eigenvalue weighted by atomic mass is 16.4. The number of carboxylic acid groups (broad SMARTS) is 1. The molecule has 1 unspecified atom stereocenters. The molecular weight excluding hydrogens is 184 g/mol. The summed E-state index contributed by atoms with van der Waals surface area (Å²) >= 11 is 0. The van der Waals surface area contributed by atoms with E-state index in [0.29, 0.717) is 13.1 Å². The zero-order valence-electron chi connectivity index (χ0n) is 8.56. The van der Waals surface area contributed by atoms with Gasteiger partial charge in [0.15, 0.2) is 0 Å². The highest BCUT2D eigenvalue weighted by Crippen LogP contribution is 2.06. The average Bonchev–Trinajstić information content (AvgIpc) is 2.16. The number of carbonyl (C=O) groups is 2. The first kappa shape index (κ1) is 11.0. The molecule has 1 heterocycles. The summed E-state index contributed by atoms with van der Waals surface area (Å²) < 4.78 is 0. The number of carboxylic acids is 1. The van der Waals surface area contributed by atoms with Gasteiger partial charge in [0.25, 0.3) is 0 Å². The molecule has 1 N–H and O–H groups in total. The Balaban J connectivity index is 2.49. The number of rotatable bonds is 2. The number of piperazine rings is 1. The third kappa shape index (κ3) is 2.45. The van der Waals surface area contributed by atoms with Crippen molar-refractivity contribution >= 4 is 11.9 Å². The molecule has 1 saturated heterocycles. The summed E-state index contributed by atoms with van der Waals surface area (Å²) in [7, 11) is 1.99. The summed E-state index contributed by atoms with van der Waals surface area (Å²) in [5.74, 6) is -2.24. The van der Waals surface area contributed by atoms with E-state index in [9.17, 15) is 9.59 Å². The van der Waals surface area contributed by atoms with Crippen LogP contribution >= 0.6 is 0 Å². The van der Waals surface area contributed by atoms with Crippen molar-refractivity contribution in [2.45, 2.75) is 6.92 Å². The quantitative estimate of drug-likeness (QED) is 0.609. The number of hydrogen-bond acceptors (Lipinski definition) is 3. The molecule has 5 heteroatoms. The van der Waals surface area contributed by atoms with Gasteiger partial charge in [0.1, 0.15) is 5.92 Å². The third-order valence-corrected chi connectivity index (χ3v) is 2.56. The van der Waals surface area contributed by atoms with Gasteiger partial charge in [0.2, 0.25) is 5.91 Å². The van der Waals surface area contributed by atoms with Crippen LogP contribution in [0.15, 0.2) is 0 Å². The Labute approximate surface area is 83.3 Å². The molecule has 0 aliphatic carbocycles. The van der Waals surface area contributed by atoms with Crippen molar-refractivity contribution in [3.63, 3.8) is 0 Å². The van der Waals surface area contributed by atoms with E-state index in [4.69, 9.17) is 5.11 Å². The monoisotopic (exact) mass is 200 g/mol. The van der Waals surface area contributed by atoms with Gasteiger partial charge < -0.3 is 14.9 Å². The lowest BCUT2D eigenvalue weighted by Crippen LogP contribution is -2.49. The van der Waals surface area contributed by atoms with Crippen LogP contribution in [0.25, 0.3) is 0 Å². The second kappa shape index (κ2) is 4.41. The molecule has 1 rings (SSSR count). The average molecular weight is 200 g/mol. The molecule has 1 fully saturated rings. The largest absolute Gasteiger partial charge is 0.481 e. The van der Waals surface area contributed by atoms with Crippen LogP contribution in [0.1, 0.15) is 6.92 Å². The zero-order valence-corrected chi connectivity index (χ0v) is 8.56. The minimum atomic E-state index is -1.05. The highest BCUT2D eigenvalue weighted by molar-refractivity contribution is 5.96. The van der Waals surface area contributed by atoms with Gasteiger partial charge in [-0.05, 0) is 14.0 Å². The van der Waals surface area contributed by atoms with Crippen molar-refractivity contribution in [1.82, 2.24) is 9.80 Å². The molecular formula is C9H16N2O3. The van der Waals surface area contributed by atoms with Crippen LogP contribution < -0.4 is 0 Å². The van der Waals surface area contributed by atoms with Crippen LogP contribution in [0.4, 0.5) is 0 Å². The summed E-state index contributed by atoms with van der Waals surface area (Å²) in [6.07, 6.45) is 0. The molecule has 0 aromatic carbocycles. The van der Waals surface area contributed by atoms with Gasteiger partial charge in [-0.3, -0.25) is 9.59 Å². The smallest absolute Gasteiger partial charge is 0.315 e. The molecule has 1 atom stereocenters. The Bertz CT molecular complexity index is 234. The van der Waals surface area contributed by atoms with Crippen molar-refractivity contribution in [3.05, 3.63) is 0 Å². The minimum absolute atomic E-state index is 0.273. The van der Waals surface area contributed by atoms with Crippen LogP contribution in [-0.2, 0) is 9.59 Å². The molecule has 80 valence electrons.